The fourth-order valence-corrected chi connectivity index (χ4v) is 4.39. The molecule has 0 aromatic heterocycles. The number of methoxy groups -OCH3 is 2. The minimum Gasteiger partial charge on any atom is -0.507 e. The second-order valence-electron chi connectivity index (χ2n) is 7.97. The number of Topliss-reactive ketones (excluding diaryl/α,β-unsaturated/α-hetero) is 1. The second kappa shape index (κ2) is 9.06. The molecule has 8 nitrogen and oxygen atoms in total. The van der Waals surface area contributed by atoms with Gasteiger partial charge in [-0.25, -0.2) is 0 Å². The van der Waals surface area contributed by atoms with E-state index in [0.29, 0.717) is 53.0 Å². The summed E-state index contributed by atoms with van der Waals surface area (Å²) in [4.78, 5) is 28.2. The Bertz CT molecular complexity index is 1350. The highest BCUT2D eigenvalue weighted by Crippen LogP contribution is 2.45. The number of anilines is 1. The first-order valence-electron chi connectivity index (χ1n) is 11.0. The Balaban J connectivity index is 1.73. The Kier molecular flexibility index (Phi) is 5.78. The molecule has 0 saturated carbocycles. The third-order valence-corrected chi connectivity index (χ3v) is 6.02. The fourth-order valence-electron chi connectivity index (χ4n) is 4.39. The molecule has 0 aliphatic carbocycles. The van der Waals surface area contributed by atoms with E-state index in [1.807, 2.05) is 0 Å². The van der Waals surface area contributed by atoms with Crippen molar-refractivity contribution in [3.8, 4) is 23.0 Å². The van der Waals surface area contributed by atoms with Crippen molar-refractivity contribution in [2.24, 2.45) is 0 Å². The molecule has 0 bridgehead atoms. The maximum absolute atomic E-state index is 13.4. The Morgan fingerprint density at radius 2 is 1.69 bits per heavy atom. The van der Waals surface area contributed by atoms with Crippen LogP contribution in [0.4, 0.5) is 5.69 Å². The largest absolute Gasteiger partial charge is 0.507 e. The molecule has 2 aliphatic heterocycles. The number of carbonyl (C=O) groups is 2. The number of para-hydroxylation sites is 1. The first kappa shape index (κ1) is 22.3. The van der Waals surface area contributed by atoms with E-state index in [1.54, 1.807) is 66.7 Å². The molecule has 0 radical (unpaired) electrons. The summed E-state index contributed by atoms with van der Waals surface area (Å²) in [6, 6.07) is 17.9. The molecule has 2 heterocycles. The van der Waals surface area contributed by atoms with Crippen LogP contribution in [0.2, 0.25) is 0 Å². The number of carbonyl (C=O) groups excluding carboxylic acids is 2. The molecule has 1 amide bonds. The topological polar surface area (TPSA) is 94.5 Å². The third-order valence-electron chi connectivity index (χ3n) is 6.02. The first-order valence-corrected chi connectivity index (χ1v) is 11.0. The van der Waals surface area contributed by atoms with Crippen molar-refractivity contribution in [3.05, 3.63) is 83.4 Å². The van der Waals surface area contributed by atoms with Crippen LogP contribution in [0.25, 0.3) is 5.76 Å². The number of nitrogens with zero attached hydrogens (tertiary/aromatic N) is 1. The minimum atomic E-state index is -0.919. The van der Waals surface area contributed by atoms with Crippen molar-refractivity contribution < 1.29 is 33.6 Å². The summed E-state index contributed by atoms with van der Waals surface area (Å²) in [5.74, 6) is 0.0523. The van der Waals surface area contributed by atoms with Gasteiger partial charge in [0, 0.05) is 11.8 Å². The number of hydrogen-bond acceptors (Lipinski definition) is 7. The highest BCUT2D eigenvalue weighted by molar-refractivity contribution is 6.51. The number of amides is 1. The molecule has 1 unspecified atom stereocenters. The quantitative estimate of drug-likeness (QED) is 0.339. The monoisotopic (exact) mass is 473 g/mol. The summed E-state index contributed by atoms with van der Waals surface area (Å²) in [7, 11) is 3.01. The summed E-state index contributed by atoms with van der Waals surface area (Å²) >= 11 is 0. The number of hydrogen-bond donors (Lipinski definition) is 1. The predicted octanol–water partition coefficient (Wildman–Crippen LogP) is 4.10. The molecule has 1 fully saturated rings. The summed E-state index contributed by atoms with van der Waals surface area (Å²) < 4.78 is 22.1. The Morgan fingerprint density at radius 3 is 2.46 bits per heavy atom. The van der Waals surface area contributed by atoms with Gasteiger partial charge in [0.2, 0.25) is 0 Å². The van der Waals surface area contributed by atoms with Gasteiger partial charge in [-0.3, -0.25) is 14.5 Å². The highest BCUT2D eigenvalue weighted by atomic mass is 16.6. The van der Waals surface area contributed by atoms with Gasteiger partial charge in [-0.2, -0.15) is 0 Å². The minimum absolute atomic E-state index is 0.0531. The summed E-state index contributed by atoms with van der Waals surface area (Å²) in [6.07, 6.45) is 0. The normalized spacial score (nSPS) is 18.5. The fraction of sp³-hybridized carbons (Fsp3) is 0.185. The average Bonchev–Trinajstić information content (AvgIpc) is 3.18. The standard InChI is InChI=1S/C27H23NO7/c1-32-18-7-5-6-16(14-18)24-23(25(29)19-8-3-4-9-20(19)33-2)26(30)27(31)28(24)17-10-11-21-22(15-17)35-13-12-34-21/h3-11,14-15,24,29H,12-13H2,1-2H3/b25-23+. The van der Waals surface area contributed by atoms with Crippen molar-refractivity contribution in [2.45, 2.75) is 6.04 Å². The lowest BCUT2D eigenvalue weighted by Crippen LogP contribution is -2.29. The molecule has 1 saturated heterocycles. The lowest BCUT2D eigenvalue weighted by molar-refractivity contribution is -0.132. The Hall–Kier alpha value is -4.46. The van der Waals surface area contributed by atoms with Crippen LogP contribution in [0.1, 0.15) is 17.2 Å². The van der Waals surface area contributed by atoms with Crippen molar-refractivity contribution in [3.63, 3.8) is 0 Å². The zero-order chi connectivity index (χ0) is 24.5. The van der Waals surface area contributed by atoms with Gasteiger partial charge in [-0.15, -0.1) is 0 Å². The van der Waals surface area contributed by atoms with Crippen molar-refractivity contribution in [1.29, 1.82) is 0 Å². The number of ketones is 1. The summed E-state index contributed by atoms with van der Waals surface area (Å²) in [5.41, 5.74) is 1.28. The molecule has 3 aromatic rings. The maximum Gasteiger partial charge on any atom is 0.300 e. The van der Waals surface area contributed by atoms with E-state index in [1.165, 1.54) is 19.1 Å². The number of fused-ring (bicyclic) bond motifs is 1. The van der Waals surface area contributed by atoms with E-state index in [4.69, 9.17) is 18.9 Å². The van der Waals surface area contributed by atoms with Gasteiger partial charge in [-0.05, 0) is 42.0 Å². The number of benzene rings is 3. The highest BCUT2D eigenvalue weighted by Gasteiger charge is 2.47. The van der Waals surface area contributed by atoms with Gasteiger partial charge in [0.15, 0.2) is 11.5 Å². The number of aliphatic hydroxyl groups is 1. The van der Waals surface area contributed by atoms with E-state index in [9.17, 15) is 14.7 Å². The molecule has 3 aromatic carbocycles. The predicted molar refractivity (Wildman–Crippen MR) is 128 cm³/mol. The molecule has 178 valence electrons. The maximum atomic E-state index is 13.4. The molecular weight excluding hydrogens is 450 g/mol. The molecular formula is C27H23NO7. The van der Waals surface area contributed by atoms with Crippen LogP contribution in [0, 0.1) is 0 Å². The molecule has 1 atom stereocenters. The van der Waals surface area contributed by atoms with Crippen LogP contribution in [-0.4, -0.2) is 44.2 Å². The van der Waals surface area contributed by atoms with E-state index in [0.717, 1.165) is 0 Å². The smallest absolute Gasteiger partial charge is 0.300 e. The van der Waals surface area contributed by atoms with Crippen LogP contribution in [-0.2, 0) is 9.59 Å². The lowest BCUT2D eigenvalue weighted by Gasteiger charge is -2.27. The Labute approximate surface area is 201 Å². The first-order chi connectivity index (χ1) is 17.0. The number of aliphatic hydroxyl groups excluding tert-OH is 1. The van der Waals surface area contributed by atoms with E-state index in [-0.39, 0.29) is 11.3 Å². The van der Waals surface area contributed by atoms with E-state index < -0.39 is 17.7 Å². The van der Waals surface area contributed by atoms with Gasteiger partial charge in [0.25, 0.3) is 11.7 Å². The number of ether oxygens (including phenoxy) is 4. The molecule has 8 heteroatoms. The molecule has 35 heavy (non-hydrogen) atoms. The van der Waals surface area contributed by atoms with Crippen LogP contribution in [0.5, 0.6) is 23.0 Å². The van der Waals surface area contributed by atoms with Crippen molar-refractivity contribution in [1.82, 2.24) is 0 Å². The van der Waals surface area contributed by atoms with Crippen molar-refractivity contribution >= 4 is 23.1 Å². The Morgan fingerprint density at radius 1 is 0.914 bits per heavy atom. The van der Waals surface area contributed by atoms with Crippen molar-refractivity contribution in [2.75, 3.05) is 32.3 Å². The molecule has 5 rings (SSSR count). The van der Waals surface area contributed by atoms with Crippen LogP contribution < -0.4 is 23.8 Å². The summed E-state index contributed by atoms with van der Waals surface area (Å²) in [6.45, 7) is 0.808. The van der Waals surface area contributed by atoms with E-state index >= 15 is 0 Å². The van der Waals surface area contributed by atoms with Crippen LogP contribution in [0.3, 0.4) is 0 Å². The van der Waals surface area contributed by atoms with Gasteiger partial charge < -0.3 is 24.1 Å². The van der Waals surface area contributed by atoms with Gasteiger partial charge in [-0.1, -0.05) is 24.3 Å². The lowest BCUT2D eigenvalue weighted by atomic mass is 9.94. The number of rotatable bonds is 5. The molecule has 0 spiro atoms. The van der Waals surface area contributed by atoms with Crippen LogP contribution >= 0.6 is 0 Å². The summed E-state index contributed by atoms with van der Waals surface area (Å²) in [5, 5.41) is 11.4. The molecule has 1 N–H and O–H groups in total. The molecule has 2 aliphatic rings. The SMILES string of the molecule is COc1cccc(C2/C(=C(\O)c3ccccc3OC)C(=O)C(=O)N2c2ccc3c(c2)OCCO3)c1. The van der Waals surface area contributed by atoms with Gasteiger partial charge in [0.1, 0.15) is 30.5 Å². The third kappa shape index (κ3) is 3.82. The van der Waals surface area contributed by atoms with Crippen LogP contribution in [0.15, 0.2) is 72.3 Å². The second-order valence-corrected chi connectivity index (χ2v) is 7.97. The van der Waals surface area contributed by atoms with Gasteiger partial charge in [0.05, 0.1) is 31.4 Å². The zero-order valence-corrected chi connectivity index (χ0v) is 19.2. The zero-order valence-electron chi connectivity index (χ0n) is 19.2. The van der Waals surface area contributed by atoms with E-state index in [2.05, 4.69) is 0 Å². The van der Waals surface area contributed by atoms with Gasteiger partial charge >= 0.3 is 0 Å². The average molecular weight is 473 g/mol.